The largest absolute Gasteiger partial charge is 0.396 e. The van der Waals surface area contributed by atoms with Crippen molar-refractivity contribution in [1.29, 1.82) is 0 Å². The SMILES string of the molecule is CC(C)C(CCO)NC(=O)CCc1cccs1. The third-order valence-corrected chi connectivity index (χ3v) is 3.71. The van der Waals surface area contributed by atoms with Crippen LogP contribution >= 0.6 is 11.3 Å². The molecule has 0 saturated carbocycles. The van der Waals surface area contributed by atoms with Crippen molar-refractivity contribution in [3.8, 4) is 0 Å². The van der Waals surface area contributed by atoms with Gasteiger partial charge < -0.3 is 10.4 Å². The monoisotopic (exact) mass is 255 g/mol. The highest BCUT2D eigenvalue weighted by molar-refractivity contribution is 7.09. The van der Waals surface area contributed by atoms with Gasteiger partial charge in [0.15, 0.2) is 0 Å². The third-order valence-electron chi connectivity index (χ3n) is 2.77. The maximum absolute atomic E-state index is 11.7. The van der Waals surface area contributed by atoms with Crippen LogP contribution in [0.1, 0.15) is 31.6 Å². The molecule has 0 aliphatic carbocycles. The summed E-state index contributed by atoms with van der Waals surface area (Å²) in [5.41, 5.74) is 0. The molecule has 1 unspecified atom stereocenters. The molecule has 0 fully saturated rings. The van der Waals surface area contributed by atoms with Crippen LogP contribution in [0, 0.1) is 5.92 Å². The summed E-state index contributed by atoms with van der Waals surface area (Å²) < 4.78 is 0. The third kappa shape index (κ3) is 5.33. The molecule has 1 aromatic rings. The zero-order valence-electron chi connectivity index (χ0n) is 10.5. The normalized spacial score (nSPS) is 12.7. The van der Waals surface area contributed by atoms with Gasteiger partial charge in [0, 0.05) is 23.9 Å². The van der Waals surface area contributed by atoms with Crippen molar-refractivity contribution in [3.63, 3.8) is 0 Å². The number of hydrogen-bond acceptors (Lipinski definition) is 3. The molecular formula is C13H21NO2S. The Kier molecular flexibility index (Phi) is 6.22. The number of aliphatic hydroxyl groups is 1. The van der Waals surface area contributed by atoms with E-state index in [4.69, 9.17) is 5.11 Å². The quantitative estimate of drug-likeness (QED) is 0.785. The Bertz CT molecular complexity index is 322. The average molecular weight is 255 g/mol. The second-order valence-electron chi connectivity index (χ2n) is 4.51. The minimum atomic E-state index is 0.0746. The number of carbonyl (C=O) groups excluding carboxylic acids is 1. The lowest BCUT2D eigenvalue weighted by molar-refractivity contribution is -0.122. The summed E-state index contributed by atoms with van der Waals surface area (Å²) in [5, 5.41) is 13.9. The van der Waals surface area contributed by atoms with E-state index >= 15 is 0 Å². The number of aliphatic hydroxyl groups excluding tert-OH is 1. The zero-order chi connectivity index (χ0) is 12.7. The van der Waals surface area contributed by atoms with E-state index in [1.807, 2.05) is 17.5 Å². The summed E-state index contributed by atoms with van der Waals surface area (Å²) in [6, 6.07) is 4.13. The lowest BCUT2D eigenvalue weighted by Crippen LogP contribution is -2.39. The molecule has 1 aromatic heterocycles. The molecule has 0 spiro atoms. The van der Waals surface area contributed by atoms with E-state index in [9.17, 15) is 4.79 Å². The van der Waals surface area contributed by atoms with E-state index in [0.717, 1.165) is 6.42 Å². The molecule has 0 saturated heterocycles. The molecule has 1 amide bonds. The number of rotatable bonds is 7. The molecule has 96 valence electrons. The van der Waals surface area contributed by atoms with Crippen LogP contribution < -0.4 is 5.32 Å². The fourth-order valence-electron chi connectivity index (χ4n) is 1.68. The molecule has 0 aliphatic rings. The van der Waals surface area contributed by atoms with Crippen LogP contribution in [-0.2, 0) is 11.2 Å². The number of nitrogens with one attached hydrogen (secondary N) is 1. The fraction of sp³-hybridized carbons (Fsp3) is 0.615. The molecule has 0 aliphatic heterocycles. The molecule has 1 atom stereocenters. The van der Waals surface area contributed by atoms with Gasteiger partial charge in [0.25, 0.3) is 0 Å². The van der Waals surface area contributed by atoms with Gasteiger partial charge in [0.2, 0.25) is 5.91 Å². The van der Waals surface area contributed by atoms with E-state index < -0.39 is 0 Å². The summed E-state index contributed by atoms with van der Waals surface area (Å²) in [6.07, 6.45) is 1.95. The number of amides is 1. The van der Waals surface area contributed by atoms with Crippen LogP contribution in [0.25, 0.3) is 0 Å². The van der Waals surface area contributed by atoms with E-state index in [2.05, 4.69) is 19.2 Å². The number of aryl methyl sites for hydroxylation is 1. The van der Waals surface area contributed by atoms with Crippen LogP contribution in [0.5, 0.6) is 0 Å². The first-order valence-corrected chi connectivity index (χ1v) is 6.94. The lowest BCUT2D eigenvalue weighted by atomic mass is 10.0. The second-order valence-corrected chi connectivity index (χ2v) is 5.54. The molecule has 2 N–H and O–H groups in total. The zero-order valence-corrected chi connectivity index (χ0v) is 11.3. The number of hydrogen-bond donors (Lipinski definition) is 2. The van der Waals surface area contributed by atoms with Crippen molar-refractivity contribution in [2.75, 3.05) is 6.61 Å². The highest BCUT2D eigenvalue weighted by Crippen LogP contribution is 2.11. The fourth-order valence-corrected chi connectivity index (χ4v) is 2.39. The van der Waals surface area contributed by atoms with E-state index in [1.54, 1.807) is 11.3 Å². The minimum absolute atomic E-state index is 0.0746. The number of thiophene rings is 1. The molecule has 4 heteroatoms. The van der Waals surface area contributed by atoms with Crippen LogP contribution in [0.15, 0.2) is 17.5 Å². The summed E-state index contributed by atoms with van der Waals surface area (Å²) in [5.74, 6) is 0.429. The van der Waals surface area contributed by atoms with Crippen molar-refractivity contribution >= 4 is 17.2 Å². The van der Waals surface area contributed by atoms with Crippen molar-refractivity contribution in [2.45, 2.75) is 39.2 Å². The molecule has 0 bridgehead atoms. The smallest absolute Gasteiger partial charge is 0.220 e. The average Bonchev–Trinajstić information content (AvgIpc) is 2.78. The Morgan fingerprint density at radius 1 is 1.53 bits per heavy atom. The van der Waals surface area contributed by atoms with Gasteiger partial charge in [-0.3, -0.25) is 4.79 Å². The summed E-state index contributed by atoms with van der Waals surface area (Å²) in [6.45, 7) is 4.23. The van der Waals surface area contributed by atoms with Crippen LogP contribution in [0.3, 0.4) is 0 Å². The topological polar surface area (TPSA) is 49.3 Å². The first-order valence-electron chi connectivity index (χ1n) is 6.06. The Labute approximate surface area is 107 Å². The van der Waals surface area contributed by atoms with Gasteiger partial charge >= 0.3 is 0 Å². The van der Waals surface area contributed by atoms with Gasteiger partial charge in [-0.2, -0.15) is 0 Å². The maximum Gasteiger partial charge on any atom is 0.220 e. The van der Waals surface area contributed by atoms with Crippen molar-refractivity contribution in [2.24, 2.45) is 5.92 Å². The Morgan fingerprint density at radius 3 is 2.82 bits per heavy atom. The maximum atomic E-state index is 11.7. The summed E-state index contributed by atoms with van der Waals surface area (Å²) in [7, 11) is 0. The number of carbonyl (C=O) groups is 1. The van der Waals surface area contributed by atoms with Gasteiger partial charge in [0.05, 0.1) is 0 Å². The van der Waals surface area contributed by atoms with E-state index in [0.29, 0.717) is 18.8 Å². The van der Waals surface area contributed by atoms with Crippen LogP contribution in [-0.4, -0.2) is 23.7 Å². The molecule has 0 radical (unpaired) electrons. The van der Waals surface area contributed by atoms with Crippen molar-refractivity contribution in [3.05, 3.63) is 22.4 Å². The van der Waals surface area contributed by atoms with E-state index in [-0.39, 0.29) is 18.6 Å². The molecule has 17 heavy (non-hydrogen) atoms. The minimum Gasteiger partial charge on any atom is -0.396 e. The second kappa shape index (κ2) is 7.45. The highest BCUT2D eigenvalue weighted by Gasteiger charge is 2.15. The Morgan fingerprint density at radius 2 is 2.29 bits per heavy atom. The Balaban J connectivity index is 2.32. The van der Waals surface area contributed by atoms with Gasteiger partial charge in [-0.15, -0.1) is 11.3 Å². The van der Waals surface area contributed by atoms with Gasteiger partial charge in [-0.1, -0.05) is 19.9 Å². The first kappa shape index (κ1) is 14.2. The predicted molar refractivity (Wildman–Crippen MR) is 71.1 cm³/mol. The molecule has 3 nitrogen and oxygen atoms in total. The standard InChI is InChI=1S/C13H21NO2S/c1-10(2)12(7-8-15)14-13(16)6-5-11-4-3-9-17-11/h3-4,9-10,12,15H,5-8H2,1-2H3,(H,14,16). The molecule has 1 heterocycles. The highest BCUT2D eigenvalue weighted by atomic mass is 32.1. The Hall–Kier alpha value is -0.870. The molecule has 0 aromatic carbocycles. The van der Waals surface area contributed by atoms with E-state index in [1.165, 1.54) is 4.88 Å². The first-order chi connectivity index (χ1) is 8.13. The summed E-state index contributed by atoms with van der Waals surface area (Å²) >= 11 is 1.68. The van der Waals surface area contributed by atoms with Crippen LogP contribution in [0.4, 0.5) is 0 Å². The molecular weight excluding hydrogens is 234 g/mol. The predicted octanol–water partition coefficient (Wildman–Crippen LogP) is 2.20. The molecule has 1 rings (SSSR count). The van der Waals surface area contributed by atoms with Gasteiger partial charge in [0.1, 0.15) is 0 Å². The lowest BCUT2D eigenvalue weighted by Gasteiger charge is -2.21. The van der Waals surface area contributed by atoms with Gasteiger partial charge in [-0.25, -0.2) is 0 Å². The van der Waals surface area contributed by atoms with Crippen molar-refractivity contribution in [1.82, 2.24) is 5.32 Å². The van der Waals surface area contributed by atoms with Crippen LogP contribution in [0.2, 0.25) is 0 Å². The van der Waals surface area contributed by atoms with Gasteiger partial charge in [-0.05, 0) is 30.2 Å². The summed E-state index contributed by atoms with van der Waals surface area (Å²) in [4.78, 5) is 13.0. The van der Waals surface area contributed by atoms with Crippen molar-refractivity contribution < 1.29 is 9.90 Å².